The van der Waals surface area contributed by atoms with E-state index >= 15 is 0 Å². The van der Waals surface area contributed by atoms with Gasteiger partial charge in [-0.1, -0.05) is 44.0 Å². The van der Waals surface area contributed by atoms with Gasteiger partial charge in [0.1, 0.15) is 25.1 Å². The summed E-state index contributed by atoms with van der Waals surface area (Å²) in [5.74, 6) is 1.44. The third-order valence-corrected chi connectivity index (χ3v) is 7.16. The van der Waals surface area contributed by atoms with Crippen molar-refractivity contribution in [1.29, 1.82) is 0 Å². The van der Waals surface area contributed by atoms with Gasteiger partial charge < -0.3 is 14.4 Å². The minimum atomic E-state index is -3.67. The topological polar surface area (TPSA) is 97.3 Å². The molecule has 0 radical (unpaired) electrons. The Morgan fingerprint density at radius 2 is 1.91 bits per heavy atom. The summed E-state index contributed by atoms with van der Waals surface area (Å²) in [5, 5.41) is 0. The minimum Gasteiger partial charge on any atom is -0.486 e. The van der Waals surface area contributed by atoms with Crippen LogP contribution in [-0.2, 0) is 21.4 Å². The smallest absolute Gasteiger partial charge is 0.263 e. The fraction of sp³-hybridized carbons (Fsp3) is 0.417. The Morgan fingerprint density at radius 3 is 2.70 bits per heavy atom. The fourth-order valence-corrected chi connectivity index (χ4v) is 5.29. The highest BCUT2D eigenvalue weighted by atomic mass is 32.2. The van der Waals surface area contributed by atoms with Gasteiger partial charge >= 0.3 is 0 Å². The Morgan fingerprint density at radius 1 is 1.12 bits per heavy atom. The van der Waals surface area contributed by atoms with Gasteiger partial charge in [-0.2, -0.15) is 0 Å². The Bertz CT molecular complexity index is 1160. The molecule has 1 atom stereocenters. The van der Waals surface area contributed by atoms with Crippen LogP contribution in [0.5, 0.6) is 11.5 Å². The van der Waals surface area contributed by atoms with Gasteiger partial charge in [-0.15, -0.1) is 0 Å². The van der Waals surface area contributed by atoms with E-state index < -0.39 is 16.1 Å². The monoisotopic (exact) mass is 471 g/mol. The summed E-state index contributed by atoms with van der Waals surface area (Å²) in [7, 11) is -3.67. The molecule has 0 spiro atoms. The Hall–Kier alpha value is -3.07. The molecule has 1 N–H and O–H groups in total. The zero-order valence-electron chi connectivity index (χ0n) is 18.9. The summed E-state index contributed by atoms with van der Waals surface area (Å²) in [4.78, 5) is 20.1. The summed E-state index contributed by atoms with van der Waals surface area (Å²) < 4.78 is 39.0. The van der Waals surface area contributed by atoms with E-state index in [9.17, 15) is 13.2 Å². The molecule has 2 aliphatic heterocycles. The number of likely N-dealkylation sites (N-methyl/N-ethyl adjacent to an activating group) is 1. The van der Waals surface area contributed by atoms with Crippen LogP contribution in [-0.4, -0.2) is 50.9 Å². The van der Waals surface area contributed by atoms with Crippen molar-refractivity contribution in [2.45, 2.75) is 50.6 Å². The molecule has 0 saturated heterocycles. The van der Waals surface area contributed by atoms with Crippen molar-refractivity contribution < 1.29 is 22.7 Å². The van der Waals surface area contributed by atoms with Gasteiger partial charge in [0.15, 0.2) is 11.5 Å². The molecule has 0 saturated carbocycles. The van der Waals surface area contributed by atoms with Gasteiger partial charge in [0, 0.05) is 24.2 Å². The van der Waals surface area contributed by atoms with Gasteiger partial charge in [-0.3, -0.25) is 14.5 Å². The van der Waals surface area contributed by atoms with Crippen LogP contribution in [0.25, 0.3) is 0 Å². The van der Waals surface area contributed by atoms with Crippen molar-refractivity contribution in [2.24, 2.45) is 4.99 Å². The number of amidine groups is 1. The molecule has 2 heterocycles. The summed E-state index contributed by atoms with van der Waals surface area (Å²) in [6.45, 7) is 5.78. The molecule has 8 nitrogen and oxygen atoms in total. The maximum Gasteiger partial charge on any atom is 0.263 e. The van der Waals surface area contributed by atoms with Gasteiger partial charge in [-0.05, 0) is 31.5 Å². The van der Waals surface area contributed by atoms with Crippen LogP contribution < -0.4 is 14.2 Å². The lowest BCUT2D eigenvalue weighted by Gasteiger charge is -2.27. The average Bonchev–Trinajstić information content (AvgIpc) is 3.09. The molecular weight excluding hydrogens is 442 g/mol. The Kier molecular flexibility index (Phi) is 6.88. The molecule has 0 aromatic heterocycles. The fourth-order valence-electron chi connectivity index (χ4n) is 4.05. The number of benzene rings is 2. The lowest BCUT2D eigenvalue weighted by Crippen LogP contribution is -2.39. The van der Waals surface area contributed by atoms with Gasteiger partial charge in [-0.25, -0.2) is 8.42 Å². The molecule has 9 heteroatoms. The number of hydrogen-bond donors (Lipinski definition) is 1. The number of hydrogen-bond acceptors (Lipinski definition) is 6. The largest absolute Gasteiger partial charge is 0.486 e. The number of aliphatic imine (C=N–C) groups is 1. The minimum absolute atomic E-state index is 0.142. The molecule has 176 valence electrons. The molecule has 33 heavy (non-hydrogen) atoms. The number of carbonyl (C=O) groups is 1. The number of carbonyl (C=O) groups excluding carboxylic acids is 1. The normalized spacial score (nSPS) is 17.8. The van der Waals surface area contributed by atoms with E-state index in [-0.39, 0.29) is 16.6 Å². The molecule has 0 aliphatic carbocycles. The molecular formula is C24H29N3O5S. The number of nitrogens with zero attached hydrogens (tertiary/aromatic N) is 2. The second-order valence-corrected chi connectivity index (χ2v) is 9.68. The second-order valence-electron chi connectivity index (χ2n) is 8.03. The number of para-hydroxylation sites is 1. The molecule has 0 fully saturated rings. The van der Waals surface area contributed by atoms with Crippen LogP contribution in [0.4, 0.5) is 0 Å². The number of ether oxygens (including phenoxy) is 2. The van der Waals surface area contributed by atoms with Crippen LogP contribution >= 0.6 is 0 Å². The van der Waals surface area contributed by atoms with Crippen LogP contribution in [0, 0.1) is 0 Å². The zero-order chi connectivity index (χ0) is 23.4. The van der Waals surface area contributed by atoms with Crippen LogP contribution in [0.1, 0.15) is 44.2 Å². The van der Waals surface area contributed by atoms with E-state index in [1.807, 2.05) is 32.0 Å². The first-order chi connectivity index (χ1) is 15.9. The van der Waals surface area contributed by atoms with E-state index in [0.29, 0.717) is 49.8 Å². The lowest BCUT2D eigenvalue weighted by atomic mass is 10.1. The molecule has 0 bridgehead atoms. The predicted molar refractivity (Wildman–Crippen MR) is 125 cm³/mol. The van der Waals surface area contributed by atoms with E-state index in [0.717, 1.165) is 18.4 Å². The van der Waals surface area contributed by atoms with Crippen LogP contribution in [0.15, 0.2) is 52.4 Å². The Balaban J connectivity index is 1.62. The standard InChI is InChI=1S/C24H29N3O5S/c1-3-5-11-19(25-23-18-10-6-7-13-21(18)33(29,30)26-23)24(28)27(4-2)16-17-9-8-12-20-22(17)32-15-14-31-20/h6-10,12-13,19H,3-5,11,14-16H2,1-2H3,(H,25,26). The summed E-state index contributed by atoms with van der Waals surface area (Å²) in [5.41, 5.74) is 1.37. The van der Waals surface area contributed by atoms with Gasteiger partial charge in [0.05, 0.1) is 4.90 Å². The van der Waals surface area contributed by atoms with Crippen molar-refractivity contribution in [2.75, 3.05) is 19.8 Å². The second kappa shape index (κ2) is 9.82. The van der Waals surface area contributed by atoms with Crippen molar-refractivity contribution in [1.82, 2.24) is 9.62 Å². The average molecular weight is 472 g/mol. The van der Waals surface area contributed by atoms with Crippen molar-refractivity contribution >= 4 is 21.8 Å². The molecule has 1 amide bonds. The first-order valence-electron chi connectivity index (χ1n) is 11.3. The van der Waals surface area contributed by atoms with Crippen LogP contribution in [0.2, 0.25) is 0 Å². The van der Waals surface area contributed by atoms with Crippen LogP contribution in [0.3, 0.4) is 0 Å². The van der Waals surface area contributed by atoms with E-state index in [2.05, 4.69) is 9.71 Å². The molecule has 2 aliphatic rings. The number of fused-ring (bicyclic) bond motifs is 2. The summed E-state index contributed by atoms with van der Waals surface area (Å²) >= 11 is 0. The number of sulfonamides is 1. The van der Waals surface area contributed by atoms with Gasteiger partial charge in [0.25, 0.3) is 10.0 Å². The molecule has 1 unspecified atom stereocenters. The third-order valence-electron chi connectivity index (χ3n) is 5.77. The quantitative estimate of drug-likeness (QED) is 0.638. The summed E-state index contributed by atoms with van der Waals surface area (Å²) in [6.07, 6.45) is 2.24. The summed E-state index contributed by atoms with van der Waals surface area (Å²) in [6, 6.07) is 11.7. The zero-order valence-corrected chi connectivity index (χ0v) is 19.7. The lowest BCUT2D eigenvalue weighted by molar-refractivity contribution is -0.133. The van der Waals surface area contributed by atoms with Crippen molar-refractivity contribution in [3.63, 3.8) is 0 Å². The number of nitrogens with one attached hydrogen (secondary N) is 1. The number of amides is 1. The highest BCUT2D eigenvalue weighted by molar-refractivity contribution is 7.90. The first-order valence-corrected chi connectivity index (χ1v) is 12.8. The maximum atomic E-state index is 13.6. The Labute approximate surface area is 194 Å². The highest BCUT2D eigenvalue weighted by Gasteiger charge is 2.33. The number of rotatable bonds is 8. The maximum absolute atomic E-state index is 13.6. The van der Waals surface area contributed by atoms with E-state index in [1.54, 1.807) is 29.2 Å². The SMILES string of the molecule is CCCCC(N=C1NS(=O)(=O)c2ccccc21)C(=O)N(CC)Cc1cccc2c1OCCO2. The predicted octanol–water partition coefficient (Wildman–Crippen LogP) is 3.10. The van der Waals surface area contributed by atoms with Crippen molar-refractivity contribution in [3.8, 4) is 11.5 Å². The molecule has 4 rings (SSSR count). The van der Waals surface area contributed by atoms with Crippen molar-refractivity contribution in [3.05, 3.63) is 53.6 Å². The molecule has 2 aromatic rings. The number of unbranched alkanes of at least 4 members (excludes halogenated alkanes) is 1. The first kappa shape index (κ1) is 23.1. The van der Waals surface area contributed by atoms with E-state index in [1.165, 1.54) is 0 Å². The van der Waals surface area contributed by atoms with E-state index in [4.69, 9.17) is 9.47 Å². The molecule has 2 aromatic carbocycles. The van der Waals surface area contributed by atoms with Gasteiger partial charge in [0.2, 0.25) is 5.91 Å². The third kappa shape index (κ3) is 4.83. The highest BCUT2D eigenvalue weighted by Crippen LogP contribution is 2.34.